The highest BCUT2D eigenvalue weighted by molar-refractivity contribution is 5.85. The molecule has 1 amide bonds. The number of ether oxygens (including phenoxy) is 1. The Hall–Kier alpha value is -1.01. The van der Waals surface area contributed by atoms with Crippen LogP contribution in [-0.4, -0.2) is 60.6 Å². The lowest BCUT2D eigenvalue weighted by atomic mass is 9.93. The molecular formula is C21H35Cl2N3O2. The molecule has 7 heteroatoms. The van der Waals surface area contributed by atoms with Crippen molar-refractivity contribution in [1.82, 2.24) is 9.80 Å². The molecule has 2 aliphatic heterocycles. The van der Waals surface area contributed by atoms with Gasteiger partial charge < -0.3 is 15.4 Å². The van der Waals surface area contributed by atoms with Gasteiger partial charge in [-0.25, -0.2) is 0 Å². The first-order chi connectivity index (χ1) is 12.5. The highest BCUT2D eigenvalue weighted by atomic mass is 35.5. The SMILES string of the molecule is CC1CN(CCC2CCN(C(=O)Cc3ccc(N)cc3)CC2)CC(C)O1.Cl.Cl. The summed E-state index contributed by atoms with van der Waals surface area (Å²) >= 11 is 0. The van der Waals surface area contributed by atoms with Gasteiger partial charge >= 0.3 is 0 Å². The molecule has 2 atom stereocenters. The molecule has 3 rings (SSSR count). The van der Waals surface area contributed by atoms with Crippen molar-refractivity contribution >= 4 is 36.4 Å². The number of nitrogens with two attached hydrogens (primary N) is 1. The van der Waals surface area contributed by atoms with Gasteiger partial charge in [-0.05, 0) is 63.3 Å². The lowest BCUT2D eigenvalue weighted by Crippen LogP contribution is -2.46. The van der Waals surface area contributed by atoms with Gasteiger partial charge in [-0.15, -0.1) is 24.8 Å². The van der Waals surface area contributed by atoms with Crippen molar-refractivity contribution < 1.29 is 9.53 Å². The van der Waals surface area contributed by atoms with E-state index in [0.29, 0.717) is 18.6 Å². The molecule has 0 aromatic heterocycles. The summed E-state index contributed by atoms with van der Waals surface area (Å²) < 4.78 is 5.81. The number of piperidine rings is 1. The van der Waals surface area contributed by atoms with Crippen LogP contribution < -0.4 is 5.73 Å². The maximum Gasteiger partial charge on any atom is 0.226 e. The normalized spacial score (nSPS) is 23.6. The second-order valence-electron chi connectivity index (χ2n) is 8.05. The minimum absolute atomic E-state index is 0. The topological polar surface area (TPSA) is 58.8 Å². The van der Waals surface area contributed by atoms with Crippen LogP contribution in [0.4, 0.5) is 5.69 Å². The van der Waals surface area contributed by atoms with E-state index >= 15 is 0 Å². The first-order valence-corrected chi connectivity index (χ1v) is 9.99. The first-order valence-electron chi connectivity index (χ1n) is 9.99. The molecule has 0 spiro atoms. The van der Waals surface area contributed by atoms with Gasteiger partial charge in [-0.2, -0.15) is 0 Å². The molecule has 1 aromatic carbocycles. The summed E-state index contributed by atoms with van der Waals surface area (Å²) in [6.45, 7) is 9.36. The second-order valence-corrected chi connectivity index (χ2v) is 8.05. The maximum atomic E-state index is 12.5. The number of nitrogen functional groups attached to an aromatic ring is 1. The van der Waals surface area contributed by atoms with E-state index in [1.54, 1.807) is 0 Å². The summed E-state index contributed by atoms with van der Waals surface area (Å²) in [5, 5.41) is 0. The fourth-order valence-corrected chi connectivity index (χ4v) is 4.23. The number of carbonyl (C=O) groups excluding carboxylic acids is 1. The first kappa shape index (κ1) is 25.0. The highest BCUT2D eigenvalue weighted by Gasteiger charge is 2.25. The number of amides is 1. The van der Waals surface area contributed by atoms with Gasteiger partial charge in [0, 0.05) is 31.9 Å². The van der Waals surface area contributed by atoms with E-state index in [0.717, 1.165) is 62.7 Å². The summed E-state index contributed by atoms with van der Waals surface area (Å²) in [6, 6.07) is 7.62. The Morgan fingerprint density at radius 2 is 1.64 bits per heavy atom. The van der Waals surface area contributed by atoms with E-state index in [1.807, 2.05) is 29.2 Å². The van der Waals surface area contributed by atoms with Crippen molar-refractivity contribution in [2.45, 2.75) is 51.7 Å². The van der Waals surface area contributed by atoms with E-state index in [1.165, 1.54) is 6.42 Å². The zero-order valence-corrected chi connectivity index (χ0v) is 18.6. The van der Waals surface area contributed by atoms with Gasteiger partial charge in [0.05, 0.1) is 18.6 Å². The number of anilines is 1. The van der Waals surface area contributed by atoms with Crippen LogP contribution in [0.15, 0.2) is 24.3 Å². The third kappa shape index (κ3) is 7.43. The molecule has 2 fully saturated rings. The summed E-state index contributed by atoms with van der Waals surface area (Å²) in [5.41, 5.74) is 7.49. The summed E-state index contributed by atoms with van der Waals surface area (Å²) in [7, 11) is 0. The summed E-state index contributed by atoms with van der Waals surface area (Å²) in [6.07, 6.45) is 4.65. The summed E-state index contributed by atoms with van der Waals surface area (Å²) in [5.74, 6) is 0.980. The molecule has 2 N–H and O–H groups in total. The number of likely N-dealkylation sites (tertiary alicyclic amines) is 1. The monoisotopic (exact) mass is 431 g/mol. The molecule has 28 heavy (non-hydrogen) atoms. The Labute approximate surface area is 181 Å². The zero-order valence-electron chi connectivity index (χ0n) is 17.0. The number of hydrogen-bond donors (Lipinski definition) is 1. The zero-order chi connectivity index (χ0) is 18.5. The molecule has 2 heterocycles. The Balaban J connectivity index is 0.00000196. The quantitative estimate of drug-likeness (QED) is 0.725. The number of morpholine rings is 1. The van der Waals surface area contributed by atoms with Gasteiger partial charge in [0.25, 0.3) is 0 Å². The molecule has 1 aromatic rings. The van der Waals surface area contributed by atoms with Crippen LogP contribution in [0.3, 0.4) is 0 Å². The van der Waals surface area contributed by atoms with E-state index in [4.69, 9.17) is 10.5 Å². The fourth-order valence-electron chi connectivity index (χ4n) is 4.23. The van der Waals surface area contributed by atoms with E-state index in [2.05, 4.69) is 18.7 Å². The Bertz CT molecular complexity index is 582. The minimum Gasteiger partial charge on any atom is -0.399 e. The smallest absolute Gasteiger partial charge is 0.226 e. The molecule has 0 bridgehead atoms. The maximum absolute atomic E-state index is 12.5. The number of carbonyl (C=O) groups is 1. The number of rotatable bonds is 5. The second kappa shape index (κ2) is 11.9. The Morgan fingerprint density at radius 3 is 2.21 bits per heavy atom. The molecule has 2 aliphatic rings. The number of hydrogen-bond acceptors (Lipinski definition) is 4. The van der Waals surface area contributed by atoms with Crippen LogP contribution >= 0.6 is 24.8 Å². The lowest BCUT2D eigenvalue weighted by molar-refractivity contribution is -0.131. The third-order valence-corrected chi connectivity index (χ3v) is 5.65. The van der Waals surface area contributed by atoms with Crippen LogP contribution in [0.25, 0.3) is 0 Å². The van der Waals surface area contributed by atoms with Crippen LogP contribution in [0.5, 0.6) is 0 Å². The van der Waals surface area contributed by atoms with Gasteiger partial charge in [0.1, 0.15) is 0 Å². The predicted octanol–water partition coefficient (Wildman–Crippen LogP) is 3.39. The average Bonchev–Trinajstić information content (AvgIpc) is 2.61. The number of halogens is 2. The molecule has 5 nitrogen and oxygen atoms in total. The lowest BCUT2D eigenvalue weighted by Gasteiger charge is -2.37. The van der Waals surface area contributed by atoms with Crippen molar-refractivity contribution in [3.63, 3.8) is 0 Å². The molecular weight excluding hydrogens is 397 g/mol. The molecule has 2 saturated heterocycles. The van der Waals surface area contributed by atoms with Crippen LogP contribution in [0.1, 0.15) is 38.7 Å². The average molecular weight is 432 g/mol. The van der Waals surface area contributed by atoms with Crippen LogP contribution in [-0.2, 0) is 16.0 Å². The Morgan fingerprint density at radius 1 is 1.07 bits per heavy atom. The van der Waals surface area contributed by atoms with E-state index in [-0.39, 0.29) is 30.7 Å². The van der Waals surface area contributed by atoms with Crippen molar-refractivity contribution in [2.75, 3.05) is 38.5 Å². The Kier molecular flexibility index (Phi) is 10.6. The van der Waals surface area contributed by atoms with Gasteiger partial charge in [0.15, 0.2) is 0 Å². The van der Waals surface area contributed by atoms with Gasteiger partial charge in [0.2, 0.25) is 5.91 Å². The largest absolute Gasteiger partial charge is 0.399 e. The highest BCUT2D eigenvalue weighted by Crippen LogP contribution is 2.22. The fraction of sp³-hybridized carbons (Fsp3) is 0.667. The van der Waals surface area contributed by atoms with E-state index < -0.39 is 0 Å². The number of nitrogens with zero attached hydrogens (tertiary/aromatic N) is 2. The van der Waals surface area contributed by atoms with E-state index in [9.17, 15) is 4.79 Å². The van der Waals surface area contributed by atoms with Crippen molar-refractivity contribution in [3.8, 4) is 0 Å². The third-order valence-electron chi connectivity index (χ3n) is 5.65. The van der Waals surface area contributed by atoms with Crippen molar-refractivity contribution in [1.29, 1.82) is 0 Å². The molecule has 0 aliphatic carbocycles. The standard InChI is InChI=1S/C21H33N3O2.2ClH/c1-16-14-23(15-17(2)26-16)10-7-18-8-11-24(12-9-18)21(25)13-19-3-5-20(22)6-4-19;;/h3-6,16-18H,7-15,22H2,1-2H3;2*1H. The summed E-state index contributed by atoms with van der Waals surface area (Å²) in [4.78, 5) is 17.1. The van der Waals surface area contributed by atoms with Crippen molar-refractivity contribution in [3.05, 3.63) is 29.8 Å². The molecule has 0 saturated carbocycles. The molecule has 0 radical (unpaired) electrons. The van der Waals surface area contributed by atoms with Gasteiger partial charge in [-0.1, -0.05) is 12.1 Å². The molecule has 160 valence electrons. The van der Waals surface area contributed by atoms with Gasteiger partial charge in [-0.3, -0.25) is 9.69 Å². The van der Waals surface area contributed by atoms with Crippen LogP contribution in [0.2, 0.25) is 0 Å². The predicted molar refractivity (Wildman–Crippen MR) is 119 cm³/mol. The van der Waals surface area contributed by atoms with Crippen LogP contribution in [0, 0.1) is 5.92 Å². The van der Waals surface area contributed by atoms with Crippen molar-refractivity contribution in [2.24, 2.45) is 5.92 Å². The minimum atomic E-state index is 0. The molecule has 2 unspecified atom stereocenters. The number of benzene rings is 1.